The molecule has 0 saturated carbocycles. The topological polar surface area (TPSA) is 84.9 Å². The maximum absolute atomic E-state index is 10.9. The Hall–Kier alpha value is -2.04. The SMILES string of the molecule is Nc1c(-c2ccncc2)o[nH]c1=O. The average molecular weight is 177 g/mol. The summed E-state index contributed by atoms with van der Waals surface area (Å²) in [5.74, 6) is 0.354. The van der Waals surface area contributed by atoms with Gasteiger partial charge in [0.1, 0.15) is 5.69 Å². The van der Waals surface area contributed by atoms with E-state index in [0.717, 1.165) is 5.56 Å². The van der Waals surface area contributed by atoms with E-state index in [-0.39, 0.29) is 5.69 Å². The molecule has 0 spiro atoms. The van der Waals surface area contributed by atoms with Crippen LogP contribution in [0, 0.1) is 0 Å². The second-order valence-electron chi connectivity index (χ2n) is 2.51. The fraction of sp³-hybridized carbons (Fsp3) is 0. The van der Waals surface area contributed by atoms with Crippen LogP contribution in [0.25, 0.3) is 11.3 Å². The summed E-state index contributed by atoms with van der Waals surface area (Å²) >= 11 is 0. The first-order valence-electron chi connectivity index (χ1n) is 3.66. The van der Waals surface area contributed by atoms with E-state index >= 15 is 0 Å². The smallest absolute Gasteiger partial charge is 0.303 e. The van der Waals surface area contributed by atoms with E-state index in [1.165, 1.54) is 0 Å². The Balaban J connectivity index is 2.60. The summed E-state index contributed by atoms with van der Waals surface area (Å²) in [5, 5.41) is 2.16. The lowest BCUT2D eigenvalue weighted by atomic mass is 10.2. The summed E-state index contributed by atoms with van der Waals surface area (Å²) in [7, 11) is 0. The van der Waals surface area contributed by atoms with Crippen molar-refractivity contribution in [2.24, 2.45) is 0 Å². The van der Waals surface area contributed by atoms with Gasteiger partial charge in [-0.05, 0) is 12.1 Å². The molecule has 2 aromatic rings. The van der Waals surface area contributed by atoms with Crippen molar-refractivity contribution in [1.82, 2.24) is 10.1 Å². The first kappa shape index (κ1) is 7.60. The Kier molecular flexibility index (Phi) is 1.63. The van der Waals surface area contributed by atoms with E-state index in [9.17, 15) is 4.79 Å². The minimum absolute atomic E-state index is 0.0891. The first-order chi connectivity index (χ1) is 6.29. The van der Waals surface area contributed by atoms with Crippen LogP contribution < -0.4 is 11.3 Å². The number of nitrogens with one attached hydrogen (secondary N) is 1. The molecule has 5 heteroatoms. The second-order valence-corrected chi connectivity index (χ2v) is 2.51. The van der Waals surface area contributed by atoms with Crippen molar-refractivity contribution in [3.05, 3.63) is 34.9 Å². The highest BCUT2D eigenvalue weighted by Crippen LogP contribution is 2.21. The molecule has 0 atom stereocenters. The summed E-state index contributed by atoms with van der Waals surface area (Å²) in [4.78, 5) is 14.8. The highest BCUT2D eigenvalue weighted by Gasteiger charge is 2.09. The van der Waals surface area contributed by atoms with E-state index in [4.69, 9.17) is 10.3 Å². The van der Waals surface area contributed by atoms with Crippen LogP contribution in [0.5, 0.6) is 0 Å². The number of nitrogens with zero attached hydrogens (tertiary/aromatic N) is 1. The molecule has 13 heavy (non-hydrogen) atoms. The lowest BCUT2D eigenvalue weighted by Gasteiger charge is -1.93. The molecule has 0 aliphatic rings. The molecule has 2 rings (SSSR count). The van der Waals surface area contributed by atoms with Gasteiger partial charge in [-0.15, -0.1) is 0 Å². The zero-order valence-corrected chi connectivity index (χ0v) is 6.65. The van der Waals surface area contributed by atoms with Crippen molar-refractivity contribution < 1.29 is 4.52 Å². The van der Waals surface area contributed by atoms with Crippen molar-refractivity contribution >= 4 is 5.69 Å². The molecule has 0 aliphatic carbocycles. The van der Waals surface area contributed by atoms with E-state index in [1.807, 2.05) is 0 Å². The average Bonchev–Trinajstić information content (AvgIpc) is 2.49. The van der Waals surface area contributed by atoms with E-state index in [1.54, 1.807) is 24.5 Å². The largest absolute Gasteiger partial charge is 0.391 e. The number of pyridine rings is 1. The number of hydrogen-bond donors (Lipinski definition) is 2. The number of hydrogen-bond acceptors (Lipinski definition) is 4. The molecule has 0 fully saturated rings. The maximum Gasteiger partial charge on any atom is 0.303 e. The van der Waals surface area contributed by atoms with Crippen molar-refractivity contribution in [2.75, 3.05) is 5.73 Å². The van der Waals surface area contributed by atoms with Crippen LogP contribution in [0.3, 0.4) is 0 Å². The Morgan fingerprint density at radius 3 is 2.62 bits per heavy atom. The number of nitrogens with two attached hydrogens (primary N) is 1. The monoisotopic (exact) mass is 177 g/mol. The molecule has 3 N–H and O–H groups in total. The molecular weight excluding hydrogens is 170 g/mol. The van der Waals surface area contributed by atoms with Crippen LogP contribution in [0.4, 0.5) is 5.69 Å². The molecule has 0 radical (unpaired) electrons. The van der Waals surface area contributed by atoms with Crippen LogP contribution in [0.15, 0.2) is 33.8 Å². The fourth-order valence-electron chi connectivity index (χ4n) is 1.03. The lowest BCUT2D eigenvalue weighted by molar-refractivity contribution is 0.426. The molecule has 2 heterocycles. The van der Waals surface area contributed by atoms with Crippen molar-refractivity contribution in [3.63, 3.8) is 0 Å². The van der Waals surface area contributed by atoms with Crippen LogP contribution in [-0.2, 0) is 0 Å². The molecule has 0 aromatic carbocycles. The van der Waals surface area contributed by atoms with Crippen molar-refractivity contribution in [3.8, 4) is 11.3 Å². The third-order valence-corrected chi connectivity index (χ3v) is 1.68. The highest BCUT2D eigenvalue weighted by atomic mass is 16.5. The van der Waals surface area contributed by atoms with Gasteiger partial charge in [0.2, 0.25) is 0 Å². The zero-order valence-electron chi connectivity index (χ0n) is 6.65. The molecule has 0 amide bonds. The van der Waals surface area contributed by atoms with Crippen LogP contribution >= 0.6 is 0 Å². The molecule has 0 unspecified atom stereocenters. The molecule has 0 bridgehead atoms. The number of anilines is 1. The zero-order chi connectivity index (χ0) is 9.26. The fourth-order valence-corrected chi connectivity index (χ4v) is 1.03. The summed E-state index contributed by atoms with van der Waals surface area (Å²) in [6, 6.07) is 3.42. The summed E-state index contributed by atoms with van der Waals surface area (Å²) in [6.45, 7) is 0. The minimum atomic E-state index is -0.410. The first-order valence-corrected chi connectivity index (χ1v) is 3.66. The maximum atomic E-state index is 10.9. The van der Waals surface area contributed by atoms with E-state index < -0.39 is 5.56 Å². The molecule has 0 saturated heterocycles. The second kappa shape index (κ2) is 2.78. The van der Waals surface area contributed by atoms with Gasteiger partial charge in [0.05, 0.1) is 0 Å². The Morgan fingerprint density at radius 1 is 1.38 bits per heavy atom. The highest BCUT2D eigenvalue weighted by molar-refractivity contribution is 5.69. The van der Waals surface area contributed by atoms with Crippen LogP contribution in [0.2, 0.25) is 0 Å². The predicted molar refractivity (Wildman–Crippen MR) is 47.0 cm³/mol. The van der Waals surface area contributed by atoms with Crippen molar-refractivity contribution in [1.29, 1.82) is 0 Å². The van der Waals surface area contributed by atoms with Crippen LogP contribution in [-0.4, -0.2) is 10.1 Å². The summed E-state index contributed by atoms with van der Waals surface area (Å²) < 4.78 is 4.89. The predicted octanol–water partition coefficient (Wildman–Crippen LogP) is 0.612. The van der Waals surface area contributed by atoms with Gasteiger partial charge >= 0.3 is 5.56 Å². The molecular formula is C8H7N3O2. The summed E-state index contributed by atoms with van der Waals surface area (Å²) in [5.41, 5.74) is 5.88. The van der Waals surface area contributed by atoms with Gasteiger partial charge in [-0.1, -0.05) is 0 Å². The Bertz CT molecular complexity index is 458. The van der Waals surface area contributed by atoms with Gasteiger partial charge in [-0.3, -0.25) is 9.78 Å². The van der Waals surface area contributed by atoms with Gasteiger partial charge < -0.3 is 10.3 Å². The number of rotatable bonds is 1. The van der Waals surface area contributed by atoms with Gasteiger partial charge in [0.15, 0.2) is 5.76 Å². The molecule has 2 aromatic heterocycles. The Morgan fingerprint density at radius 2 is 2.08 bits per heavy atom. The number of aromatic nitrogens is 2. The van der Waals surface area contributed by atoms with Gasteiger partial charge in [0, 0.05) is 18.0 Å². The molecule has 0 aliphatic heterocycles. The third kappa shape index (κ3) is 1.20. The van der Waals surface area contributed by atoms with Gasteiger partial charge in [-0.2, -0.15) is 5.16 Å². The van der Waals surface area contributed by atoms with Crippen LogP contribution in [0.1, 0.15) is 0 Å². The normalized spacial score (nSPS) is 10.2. The van der Waals surface area contributed by atoms with E-state index in [0.29, 0.717) is 5.76 Å². The number of nitrogen functional groups attached to an aromatic ring is 1. The Labute approximate surface area is 73.2 Å². The lowest BCUT2D eigenvalue weighted by Crippen LogP contribution is -2.04. The van der Waals surface area contributed by atoms with Crippen molar-refractivity contribution in [2.45, 2.75) is 0 Å². The third-order valence-electron chi connectivity index (χ3n) is 1.68. The van der Waals surface area contributed by atoms with Gasteiger partial charge in [0.25, 0.3) is 0 Å². The quantitative estimate of drug-likeness (QED) is 0.668. The van der Waals surface area contributed by atoms with Gasteiger partial charge in [-0.25, -0.2) is 0 Å². The number of H-pyrrole nitrogens is 1. The standard InChI is InChI=1S/C8H7N3O2/c9-6-7(13-11-8(6)12)5-1-3-10-4-2-5/h1-4H,9H2,(H,11,12). The molecule has 5 nitrogen and oxygen atoms in total. The summed E-state index contributed by atoms with van der Waals surface area (Å²) in [6.07, 6.45) is 3.20. The molecule has 66 valence electrons. The number of aromatic amines is 1. The minimum Gasteiger partial charge on any atom is -0.391 e. The van der Waals surface area contributed by atoms with E-state index in [2.05, 4.69) is 10.1 Å².